The van der Waals surface area contributed by atoms with E-state index in [1.54, 1.807) is 0 Å². The topological polar surface area (TPSA) is 54.5 Å². The van der Waals surface area contributed by atoms with Crippen LogP contribution in [-0.2, 0) is 7.05 Å². The van der Waals surface area contributed by atoms with E-state index in [1.807, 2.05) is 30.1 Å². The van der Waals surface area contributed by atoms with Crippen molar-refractivity contribution in [3.05, 3.63) is 24.0 Å². The van der Waals surface area contributed by atoms with Gasteiger partial charge in [0, 0.05) is 51.2 Å². The Bertz CT molecular complexity index is 407. The highest BCUT2D eigenvalue weighted by molar-refractivity contribution is 5.97. The Morgan fingerprint density at radius 2 is 1.95 bits per heavy atom. The van der Waals surface area contributed by atoms with Gasteiger partial charge in [0.25, 0.3) is 0 Å². The number of nitrogens with zero attached hydrogens (tertiary/aromatic N) is 3. The van der Waals surface area contributed by atoms with Crippen molar-refractivity contribution in [2.45, 2.75) is 6.42 Å². The molecule has 1 fully saturated rings. The number of rotatable bonds is 6. The predicted molar refractivity (Wildman–Crippen MR) is 76.3 cm³/mol. The summed E-state index contributed by atoms with van der Waals surface area (Å²) in [4.78, 5) is 16.8. The molecule has 2 N–H and O–H groups in total. The highest BCUT2D eigenvalue weighted by atomic mass is 16.1. The minimum Gasteiger partial charge on any atom is -0.357 e. The summed E-state index contributed by atoms with van der Waals surface area (Å²) >= 11 is 0. The molecular weight excluding hydrogens is 240 g/mol. The lowest BCUT2D eigenvalue weighted by Gasteiger charge is -2.34. The molecule has 1 saturated heterocycles. The van der Waals surface area contributed by atoms with E-state index in [2.05, 4.69) is 9.80 Å². The molecule has 0 amide bonds. The third-order valence-electron chi connectivity index (χ3n) is 3.66. The lowest BCUT2D eigenvalue weighted by atomic mass is 10.2. The molecule has 0 saturated carbocycles. The standard InChI is InChI=1S/C14H24N4O/c1-16-6-3-13(11-16)14(19)12-18-9-7-17(8-10-18)5-2-4-15/h3,6,11H,2,4-5,7-10,12,15H2,1H3. The zero-order valence-electron chi connectivity index (χ0n) is 11.7. The van der Waals surface area contributed by atoms with E-state index < -0.39 is 0 Å². The zero-order chi connectivity index (χ0) is 13.7. The van der Waals surface area contributed by atoms with Gasteiger partial charge in [-0.25, -0.2) is 0 Å². The van der Waals surface area contributed by atoms with Gasteiger partial charge in [0.2, 0.25) is 0 Å². The fraction of sp³-hybridized carbons (Fsp3) is 0.643. The van der Waals surface area contributed by atoms with Crippen LogP contribution in [0.1, 0.15) is 16.8 Å². The molecule has 2 rings (SSSR count). The van der Waals surface area contributed by atoms with Crippen LogP contribution in [0.4, 0.5) is 0 Å². The summed E-state index contributed by atoms with van der Waals surface area (Å²) in [6.07, 6.45) is 4.86. The van der Waals surface area contributed by atoms with Crippen molar-refractivity contribution in [1.82, 2.24) is 14.4 Å². The van der Waals surface area contributed by atoms with Crippen molar-refractivity contribution >= 4 is 5.78 Å². The maximum absolute atomic E-state index is 12.1. The zero-order valence-corrected chi connectivity index (χ0v) is 11.7. The number of aromatic nitrogens is 1. The molecule has 5 heteroatoms. The Labute approximate surface area is 115 Å². The van der Waals surface area contributed by atoms with E-state index >= 15 is 0 Å². The van der Waals surface area contributed by atoms with E-state index in [-0.39, 0.29) is 5.78 Å². The molecule has 19 heavy (non-hydrogen) atoms. The first kappa shape index (κ1) is 14.2. The summed E-state index contributed by atoms with van der Waals surface area (Å²) in [6.45, 7) is 6.41. The van der Waals surface area contributed by atoms with Gasteiger partial charge in [0.1, 0.15) is 0 Å². The van der Waals surface area contributed by atoms with Crippen LogP contribution in [0.15, 0.2) is 18.5 Å². The maximum Gasteiger partial charge on any atom is 0.178 e. The SMILES string of the molecule is Cn1ccc(C(=O)CN2CCN(CCCN)CC2)c1. The summed E-state index contributed by atoms with van der Waals surface area (Å²) in [7, 11) is 1.94. The Morgan fingerprint density at radius 1 is 1.26 bits per heavy atom. The predicted octanol–water partition coefficient (Wildman–Crippen LogP) is 0.174. The second kappa shape index (κ2) is 6.84. The highest BCUT2D eigenvalue weighted by Crippen LogP contribution is 2.06. The third kappa shape index (κ3) is 4.16. The van der Waals surface area contributed by atoms with Crippen LogP contribution in [0.5, 0.6) is 0 Å². The van der Waals surface area contributed by atoms with Crippen molar-refractivity contribution in [3.8, 4) is 0 Å². The van der Waals surface area contributed by atoms with Crippen molar-refractivity contribution in [1.29, 1.82) is 0 Å². The molecule has 0 aromatic carbocycles. The fourth-order valence-corrected chi connectivity index (χ4v) is 2.45. The number of carbonyl (C=O) groups excluding carboxylic acids is 1. The van der Waals surface area contributed by atoms with Gasteiger partial charge in [-0.1, -0.05) is 0 Å². The molecule has 0 unspecified atom stereocenters. The molecule has 0 bridgehead atoms. The first-order valence-electron chi connectivity index (χ1n) is 6.99. The van der Waals surface area contributed by atoms with E-state index in [4.69, 9.17) is 5.73 Å². The van der Waals surface area contributed by atoms with Gasteiger partial charge in [0.15, 0.2) is 5.78 Å². The van der Waals surface area contributed by atoms with Gasteiger partial charge < -0.3 is 15.2 Å². The van der Waals surface area contributed by atoms with Crippen LogP contribution in [-0.4, -0.2) is 66.0 Å². The molecule has 5 nitrogen and oxygen atoms in total. The van der Waals surface area contributed by atoms with E-state index in [1.165, 1.54) is 0 Å². The van der Waals surface area contributed by atoms with E-state index in [9.17, 15) is 4.79 Å². The first-order valence-corrected chi connectivity index (χ1v) is 6.99. The first-order chi connectivity index (χ1) is 9.19. The minimum atomic E-state index is 0.219. The van der Waals surface area contributed by atoms with Gasteiger partial charge in [-0.15, -0.1) is 0 Å². The Balaban J connectivity index is 1.75. The van der Waals surface area contributed by atoms with Gasteiger partial charge in [-0.05, 0) is 25.6 Å². The normalized spacial score (nSPS) is 17.8. The van der Waals surface area contributed by atoms with E-state index in [0.717, 1.165) is 51.3 Å². The summed E-state index contributed by atoms with van der Waals surface area (Å²) < 4.78 is 1.91. The highest BCUT2D eigenvalue weighted by Gasteiger charge is 2.19. The summed E-state index contributed by atoms with van der Waals surface area (Å²) in [5, 5.41) is 0. The molecule has 0 radical (unpaired) electrons. The van der Waals surface area contributed by atoms with Gasteiger partial charge in [-0.2, -0.15) is 0 Å². The quantitative estimate of drug-likeness (QED) is 0.745. The van der Waals surface area contributed by atoms with Crippen LogP contribution < -0.4 is 5.73 Å². The molecule has 106 valence electrons. The molecule has 1 aliphatic heterocycles. The number of carbonyl (C=O) groups is 1. The number of hydrogen-bond donors (Lipinski definition) is 1. The van der Waals surface area contributed by atoms with Crippen LogP contribution in [0.3, 0.4) is 0 Å². The summed E-state index contributed by atoms with van der Waals surface area (Å²) in [6, 6.07) is 1.89. The molecule has 0 atom stereocenters. The number of hydrogen-bond acceptors (Lipinski definition) is 4. The second-order valence-corrected chi connectivity index (χ2v) is 5.25. The minimum absolute atomic E-state index is 0.219. The Kier molecular flexibility index (Phi) is 5.13. The van der Waals surface area contributed by atoms with Crippen molar-refractivity contribution in [3.63, 3.8) is 0 Å². The number of aryl methyl sites for hydroxylation is 1. The molecule has 1 aromatic rings. The average molecular weight is 264 g/mol. The van der Waals surface area contributed by atoms with Gasteiger partial charge in [0.05, 0.1) is 6.54 Å². The lowest BCUT2D eigenvalue weighted by Crippen LogP contribution is -2.48. The van der Waals surface area contributed by atoms with Crippen LogP contribution >= 0.6 is 0 Å². The van der Waals surface area contributed by atoms with Crippen LogP contribution in [0.25, 0.3) is 0 Å². The molecule has 2 heterocycles. The largest absolute Gasteiger partial charge is 0.357 e. The third-order valence-corrected chi connectivity index (χ3v) is 3.66. The molecular formula is C14H24N4O. The van der Waals surface area contributed by atoms with Crippen LogP contribution in [0.2, 0.25) is 0 Å². The molecule has 1 aliphatic rings. The Hall–Kier alpha value is -1.17. The van der Waals surface area contributed by atoms with Crippen molar-refractivity contribution < 1.29 is 4.79 Å². The lowest BCUT2D eigenvalue weighted by molar-refractivity contribution is 0.0852. The molecule has 0 spiro atoms. The van der Waals surface area contributed by atoms with E-state index in [0.29, 0.717) is 6.54 Å². The fourth-order valence-electron chi connectivity index (χ4n) is 2.45. The van der Waals surface area contributed by atoms with Gasteiger partial charge in [-0.3, -0.25) is 9.69 Å². The van der Waals surface area contributed by atoms with Crippen LogP contribution in [0, 0.1) is 0 Å². The monoisotopic (exact) mass is 264 g/mol. The smallest absolute Gasteiger partial charge is 0.178 e. The van der Waals surface area contributed by atoms with Gasteiger partial charge >= 0.3 is 0 Å². The molecule has 1 aromatic heterocycles. The maximum atomic E-state index is 12.1. The molecule has 0 aliphatic carbocycles. The number of Topliss-reactive ketones (excluding diaryl/α,β-unsaturated/α-hetero) is 1. The Morgan fingerprint density at radius 3 is 2.53 bits per heavy atom. The number of nitrogens with two attached hydrogens (primary N) is 1. The summed E-state index contributed by atoms with van der Waals surface area (Å²) in [5.41, 5.74) is 6.33. The second-order valence-electron chi connectivity index (χ2n) is 5.25. The average Bonchev–Trinajstić information content (AvgIpc) is 2.85. The summed E-state index contributed by atoms with van der Waals surface area (Å²) in [5.74, 6) is 0.219. The van der Waals surface area contributed by atoms with Crippen molar-refractivity contribution in [2.24, 2.45) is 12.8 Å². The number of piperazine rings is 1. The number of ketones is 1. The van der Waals surface area contributed by atoms with Crippen molar-refractivity contribution in [2.75, 3.05) is 45.8 Å².